The van der Waals surface area contributed by atoms with E-state index in [1.807, 2.05) is 37.3 Å². The predicted molar refractivity (Wildman–Crippen MR) is 116 cm³/mol. The van der Waals surface area contributed by atoms with Gasteiger partial charge in [0.2, 0.25) is 0 Å². The van der Waals surface area contributed by atoms with Gasteiger partial charge in [0, 0.05) is 30.6 Å². The van der Waals surface area contributed by atoms with Crippen LogP contribution in [-0.4, -0.2) is 24.0 Å². The van der Waals surface area contributed by atoms with E-state index in [0.717, 1.165) is 28.5 Å². The number of carbonyl (C=O) groups is 1. The number of aromatic nitrogens is 1. The van der Waals surface area contributed by atoms with Gasteiger partial charge in [-0.05, 0) is 49.1 Å². The Morgan fingerprint density at radius 3 is 2.68 bits per heavy atom. The highest BCUT2D eigenvalue weighted by molar-refractivity contribution is 5.83. The van der Waals surface area contributed by atoms with Crippen molar-refractivity contribution < 1.29 is 18.4 Å². The van der Waals surface area contributed by atoms with Crippen molar-refractivity contribution in [2.75, 3.05) is 18.0 Å². The summed E-state index contributed by atoms with van der Waals surface area (Å²) in [6, 6.07) is 14.9. The molecular weight excluding hydrogens is 396 g/mol. The van der Waals surface area contributed by atoms with Gasteiger partial charge in [0.1, 0.15) is 16.8 Å². The molecule has 0 amide bonds. The molecule has 1 saturated heterocycles. The van der Waals surface area contributed by atoms with Crippen LogP contribution in [0, 0.1) is 5.92 Å². The predicted octanol–water partition coefficient (Wildman–Crippen LogP) is 4.32. The standard InChI is InChI=1S/C24H22N2O5/c1-2-15-13-22(27)30-21-14-17(7-8-18(15)21)29-23(28)16-9-11-26(12-10-16)24-25-19-5-3-4-6-20(19)31-24/h3-8,13-14,16H,2,9-12H2,1H3. The minimum Gasteiger partial charge on any atom is -0.426 e. The summed E-state index contributed by atoms with van der Waals surface area (Å²) >= 11 is 0. The average molecular weight is 418 g/mol. The van der Waals surface area contributed by atoms with Crippen LogP contribution < -0.4 is 15.3 Å². The smallest absolute Gasteiger partial charge is 0.336 e. The van der Waals surface area contributed by atoms with Crippen LogP contribution in [0.1, 0.15) is 25.3 Å². The first kappa shape index (κ1) is 19.4. The van der Waals surface area contributed by atoms with Crippen molar-refractivity contribution in [3.05, 3.63) is 64.5 Å². The number of hydrogen-bond donors (Lipinski definition) is 0. The second-order valence-corrected chi connectivity index (χ2v) is 7.75. The first-order valence-electron chi connectivity index (χ1n) is 10.5. The molecular formula is C24H22N2O5. The van der Waals surface area contributed by atoms with Crippen molar-refractivity contribution in [1.29, 1.82) is 0 Å². The Hall–Kier alpha value is -3.61. The van der Waals surface area contributed by atoms with Crippen LogP contribution >= 0.6 is 0 Å². The maximum Gasteiger partial charge on any atom is 0.336 e. The minimum absolute atomic E-state index is 0.203. The first-order chi connectivity index (χ1) is 15.1. The van der Waals surface area contributed by atoms with Gasteiger partial charge in [-0.25, -0.2) is 4.79 Å². The lowest BCUT2D eigenvalue weighted by atomic mass is 9.97. The fourth-order valence-electron chi connectivity index (χ4n) is 4.07. The lowest BCUT2D eigenvalue weighted by molar-refractivity contribution is -0.139. The largest absolute Gasteiger partial charge is 0.426 e. The van der Waals surface area contributed by atoms with Crippen LogP contribution in [0.2, 0.25) is 0 Å². The lowest BCUT2D eigenvalue weighted by Crippen LogP contribution is -2.37. The molecule has 0 radical (unpaired) electrons. The van der Waals surface area contributed by atoms with E-state index in [1.54, 1.807) is 12.1 Å². The number of ether oxygens (including phenoxy) is 1. The maximum atomic E-state index is 12.7. The van der Waals surface area contributed by atoms with Gasteiger partial charge < -0.3 is 18.5 Å². The third-order valence-electron chi connectivity index (χ3n) is 5.78. The van der Waals surface area contributed by atoms with E-state index in [4.69, 9.17) is 13.6 Å². The molecule has 0 atom stereocenters. The average Bonchev–Trinajstić information content (AvgIpc) is 3.22. The van der Waals surface area contributed by atoms with Crippen LogP contribution in [0.4, 0.5) is 6.01 Å². The fourth-order valence-corrected chi connectivity index (χ4v) is 4.07. The summed E-state index contributed by atoms with van der Waals surface area (Å²) in [5.74, 6) is -0.0915. The van der Waals surface area contributed by atoms with Gasteiger partial charge in [-0.2, -0.15) is 4.98 Å². The fraction of sp³-hybridized carbons (Fsp3) is 0.292. The van der Waals surface area contributed by atoms with E-state index in [1.165, 1.54) is 6.07 Å². The number of hydrogen-bond acceptors (Lipinski definition) is 7. The van der Waals surface area contributed by atoms with Crippen LogP contribution in [0.15, 0.2) is 62.2 Å². The number of nitrogens with zero attached hydrogens (tertiary/aromatic N) is 2. The zero-order chi connectivity index (χ0) is 21.4. The summed E-state index contributed by atoms with van der Waals surface area (Å²) in [4.78, 5) is 31.1. The summed E-state index contributed by atoms with van der Waals surface area (Å²) in [5, 5.41) is 0.855. The monoisotopic (exact) mass is 418 g/mol. The highest BCUT2D eigenvalue weighted by atomic mass is 16.5. The second-order valence-electron chi connectivity index (χ2n) is 7.75. The molecule has 158 valence electrons. The SMILES string of the molecule is CCc1cc(=O)oc2cc(OC(=O)C3CCN(c4nc5ccccc5o4)CC3)ccc12. The number of piperidine rings is 1. The molecule has 1 fully saturated rings. The highest BCUT2D eigenvalue weighted by Gasteiger charge is 2.28. The molecule has 4 aromatic rings. The van der Waals surface area contributed by atoms with E-state index < -0.39 is 5.63 Å². The summed E-state index contributed by atoms with van der Waals surface area (Å²) in [7, 11) is 0. The van der Waals surface area contributed by atoms with Crippen molar-refractivity contribution in [3.8, 4) is 5.75 Å². The molecule has 1 aliphatic rings. The Morgan fingerprint density at radius 2 is 1.90 bits per heavy atom. The highest BCUT2D eigenvalue weighted by Crippen LogP contribution is 2.28. The van der Waals surface area contributed by atoms with Crippen LogP contribution in [0.3, 0.4) is 0 Å². The molecule has 0 unspecified atom stereocenters. The van der Waals surface area contributed by atoms with Crippen LogP contribution in [-0.2, 0) is 11.2 Å². The Kier molecular flexibility index (Phi) is 4.94. The number of benzene rings is 2. The quantitative estimate of drug-likeness (QED) is 0.277. The summed E-state index contributed by atoms with van der Waals surface area (Å²) in [6.07, 6.45) is 2.03. The van der Waals surface area contributed by atoms with E-state index >= 15 is 0 Å². The normalized spacial score (nSPS) is 14.9. The molecule has 2 aromatic carbocycles. The summed E-state index contributed by atoms with van der Waals surface area (Å²) in [5.41, 5.74) is 2.52. The van der Waals surface area contributed by atoms with Crippen LogP contribution in [0.5, 0.6) is 5.75 Å². The second kappa shape index (κ2) is 7.91. The number of aryl methyl sites for hydroxylation is 1. The summed E-state index contributed by atoms with van der Waals surface area (Å²) < 4.78 is 16.7. The molecule has 7 nitrogen and oxygen atoms in total. The minimum atomic E-state index is -0.403. The summed E-state index contributed by atoms with van der Waals surface area (Å²) in [6.45, 7) is 3.31. The third-order valence-corrected chi connectivity index (χ3v) is 5.78. The zero-order valence-corrected chi connectivity index (χ0v) is 17.2. The number of rotatable bonds is 4. The molecule has 2 aromatic heterocycles. The number of carbonyl (C=O) groups excluding carboxylic acids is 1. The van der Waals surface area contributed by atoms with Gasteiger partial charge in [0.25, 0.3) is 6.01 Å². The molecule has 0 aliphatic carbocycles. The molecule has 0 bridgehead atoms. The third kappa shape index (κ3) is 3.79. The molecule has 3 heterocycles. The van der Waals surface area contributed by atoms with Gasteiger partial charge >= 0.3 is 11.6 Å². The molecule has 1 aliphatic heterocycles. The number of para-hydroxylation sites is 2. The van der Waals surface area contributed by atoms with Crippen molar-refractivity contribution in [3.63, 3.8) is 0 Å². The van der Waals surface area contributed by atoms with Crippen molar-refractivity contribution in [2.24, 2.45) is 5.92 Å². The van der Waals surface area contributed by atoms with E-state index in [9.17, 15) is 9.59 Å². The van der Waals surface area contributed by atoms with Gasteiger partial charge in [-0.15, -0.1) is 0 Å². The van der Waals surface area contributed by atoms with Crippen molar-refractivity contribution in [1.82, 2.24) is 4.98 Å². The number of fused-ring (bicyclic) bond motifs is 2. The molecule has 0 N–H and O–H groups in total. The Labute approximate surface area is 178 Å². The number of oxazole rings is 1. The number of esters is 1. The first-order valence-corrected chi connectivity index (χ1v) is 10.5. The van der Waals surface area contributed by atoms with Crippen molar-refractivity contribution in [2.45, 2.75) is 26.2 Å². The van der Waals surface area contributed by atoms with Crippen LogP contribution in [0.25, 0.3) is 22.1 Å². The zero-order valence-electron chi connectivity index (χ0n) is 17.2. The molecule has 5 rings (SSSR count). The van der Waals surface area contributed by atoms with Gasteiger partial charge in [-0.3, -0.25) is 4.79 Å². The lowest BCUT2D eigenvalue weighted by Gasteiger charge is -2.29. The Bertz CT molecular complexity index is 1280. The molecule has 31 heavy (non-hydrogen) atoms. The molecule has 0 spiro atoms. The Morgan fingerprint density at radius 1 is 1.10 bits per heavy atom. The molecule has 0 saturated carbocycles. The van der Waals surface area contributed by atoms with Gasteiger partial charge in [0.15, 0.2) is 5.58 Å². The van der Waals surface area contributed by atoms with E-state index in [-0.39, 0.29) is 11.9 Å². The topological polar surface area (TPSA) is 85.8 Å². The van der Waals surface area contributed by atoms with Crippen molar-refractivity contribution >= 4 is 34.1 Å². The Balaban J connectivity index is 1.26. The maximum absolute atomic E-state index is 12.7. The number of anilines is 1. The van der Waals surface area contributed by atoms with Gasteiger partial charge in [0.05, 0.1) is 5.92 Å². The molecule has 7 heteroatoms. The van der Waals surface area contributed by atoms with E-state index in [2.05, 4.69) is 9.88 Å². The van der Waals surface area contributed by atoms with E-state index in [0.29, 0.717) is 43.3 Å². The van der Waals surface area contributed by atoms with Gasteiger partial charge in [-0.1, -0.05) is 19.1 Å².